The highest BCUT2D eigenvalue weighted by Crippen LogP contribution is 2.18. The molecule has 1 aliphatic heterocycles. The van der Waals surface area contributed by atoms with E-state index in [0.29, 0.717) is 24.0 Å². The van der Waals surface area contributed by atoms with Crippen LogP contribution in [0.3, 0.4) is 0 Å². The summed E-state index contributed by atoms with van der Waals surface area (Å²) in [6.45, 7) is 7.81. The number of aldehydes is 1. The normalized spacial score (nSPS) is 16.7. The molecule has 8 heteroatoms. The molecule has 1 N–H and O–H groups in total. The Morgan fingerprint density at radius 2 is 1.96 bits per heavy atom. The molecule has 0 radical (unpaired) electrons. The predicted molar refractivity (Wildman–Crippen MR) is 91.8 cm³/mol. The highest BCUT2D eigenvalue weighted by atomic mass is 16.8. The molecule has 1 unspecified atom stereocenters. The molecule has 0 spiro atoms. The zero-order valence-corrected chi connectivity index (χ0v) is 15.0. The predicted octanol–water partition coefficient (Wildman–Crippen LogP) is 1.57. The highest BCUT2D eigenvalue weighted by Gasteiger charge is 2.20. The van der Waals surface area contributed by atoms with Crippen LogP contribution in [0.25, 0.3) is 0 Å². The van der Waals surface area contributed by atoms with Crippen LogP contribution >= 0.6 is 0 Å². The van der Waals surface area contributed by atoms with Crippen molar-refractivity contribution >= 4 is 18.1 Å². The summed E-state index contributed by atoms with van der Waals surface area (Å²) in [4.78, 5) is 38.5. The van der Waals surface area contributed by atoms with Gasteiger partial charge in [-0.3, -0.25) is 4.79 Å². The number of nitrogens with zero attached hydrogens (tertiary/aromatic N) is 3. The number of nitrogens with one attached hydrogen (secondary N) is 1. The van der Waals surface area contributed by atoms with Gasteiger partial charge in [0.1, 0.15) is 6.29 Å². The van der Waals surface area contributed by atoms with Crippen molar-refractivity contribution in [3.63, 3.8) is 0 Å². The van der Waals surface area contributed by atoms with Crippen molar-refractivity contribution in [2.24, 2.45) is 11.8 Å². The molecule has 1 aromatic rings. The lowest BCUT2D eigenvalue weighted by Gasteiger charge is -2.29. The summed E-state index contributed by atoms with van der Waals surface area (Å²) >= 11 is 0. The first kappa shape index (κ1) is 19.3. The summed E-state index contributed by atoms with van der Waals surface area (Å²) in [7, 11) is 0. The maximum Gasteiger partial charge on any atom is 0.278 e. The van der Waals surface area contributed by atoms with Crippen LogP contribution in [0, 0.1) is 11.8 Å². The number of rotatable bonds is 8. The van der Waals surface area contributed by atoms with Gasteiger partial charge in [0.05, 0.1) is 12.2 Å². The minimum atomic E-state index is -0.536. The fourth-order valence-corrected chi connectivity index (χ4v) is 2.39. The van der Waals surface area contributed by atoms with Crippen molar-refractivity contribution in [2.75, 3.05) is 24.6 Å². The van der Waals surface area contributed by atoms with Crippen molar-refractivity contribution in [2.45, 2.75) is 39.9 Å². The Bertz CT molecular complexity index is 556. The first-order chi connectivity index (χ1) is 12.0. The van der Waals surface area contributed by atoms with Crippen molar-refractivity contribution in [3.8, 4) is 0 Å². The molecular weight excluding hydrogens is 324 g/mol. The summed E-state index contributed by atoms with van der Waals surface area (Å²) in [6, 6.07) is 0. The quantitative estimate of drug-likeness (QED) is 0.432. The van der Waals surface area contributed by atoms with Crippen molar-refractivity contribution in [1.29, 1.82) is 0 Å². The molecule has 1 aliphatic rings. The van der Waals surface area contributed by atoms with E-state index in [1.54, 1.807) is 6.92 Å². The Labute approximate surface area is 147 Å². The van der Waals surface area contributed by atoms with Crippen LogP contribution in [0.5, 0.6) is 0 Å². The molecule has 0 bridgehead atoms. The molecule has 2 heterocycles. The summed E-state index contributed by atoms with van der Waals surface area (Å²) in [5.74, 6) is 0.652. The molecule has 0 aliphatic carbocycles. The third-order valence-electron chi connectivity index (χ3n) is 3.90. The van der Waals surface area contributed by atoms with E-state index in [4.69, 9.17) is 9.57 Å². The largest absolute Gasteiger partial charge is 0.350 e. The summed E-state index contributed by atoms with van der Waals surface area (Å²) < 4.78 is 5.41. The Balaban J connectivity index is 1.81. The van der Waals surface area contributed by atoms with Crippen LogP contribution in [-0.2, 0) is 14.4 Å². The monoisotopic (exact) mass is 350 g/mol. The van der Waals surface area contributed by atoms with E-state index < -0.39 is 12.2 Å². The zero-order valence-electron chi connectivity index (χ0n) is 15.0. The Kier molecular flexibility index (Phi) is 7.27. The fourth-order valence-electron chi connectivity index (χ4n) is 2.39. The number of carbonyl (C=O) groups is 2. The van der Waals surface area contributed by atoms with Crippen molar-refractivity contribution in [3.05, 3.63) is 18.0 Å². The standard InChI is InChI=1S/C17H26N4O4/c1-12(2)11-24-13(3)25-20-16(23)15-8-18-17(19-9-15)21-6-4-14(10-22)5-7-21/h8-10,12-14H,4-7,11H2,1-3H3,(H,20,23). The Morgan fingerprint density at radius 3 is 2.52 bits per heavy atom. The van der Waals surface area contributed by atoms with E-state index in [2.05, 4.69) is 15.4 Å². The number of amides is 1. The van der Waals surface area contributed by atoms with Crippen LogP contribution in [0.4, 0.5) is 5.95 Å². The molecule has 0 saturated carbocycles. The second kappa shape index (κ2) is 9.43. The highest BCUT2D eigenvalue weighted by molar-refractivity contribution is 5.92. The van der Waals surface area contributed by atoms with Crippen LogP contribution in [0.1, 0.15) is 44.0 Å². The average Bonchev–Trinajstić information content (AvgIpc) is 2.64. The summed E-state index contributed by atoms with van der Waals surface area (Å²) in [6.07, 6.45) is 5.01. The number of hydrogen-bond donors (Lipinski definition) is 1. The number of aromatic nitrogens is 2. The Hall–Kier alpha value is -2.06. The van der Waals surface area contributed by atoms with Gasteiger partial charge in [0.25, 0.3) is 5.91 Å². The smallest absolute Gasteiger partial charge is 0.278 e. The minimum Gasteiger partial charge on any atom is -0.350 e. The molecule has 1 atom stereocenters. The van der Waals surface area contributed by atoms with Gasteiger partial charge in [-0.05, 0) is 25.7 Å². The third kappa shape index (κ3) is 6.06. The van der Waals surface area contributed by atoms with E-state index in [1.165, 1.54) is 12.4 Å². The van der Waals surface area contributed by atoms with Gasteiger partial charge in [0.15, 0.2) is 6.29 Å². The maximum atomic E-state index is 12.0. The van der Waals surface area contributed by atoms with E-state index in [9.17, 15) is 9.59 Å². The zero-order chi connectivity index (χ0) is 18.2. The molecule has 1 fully saturated rings. The van der Waals surface area contributed by atoms with Crippen molar-refractivity contribution < 1.29 is 19.2 Å². The lowest BCUT2D eigenvalue weighted by molar-refractivity contribution is -0.163. The van der Waals surface area contributed by atoms with Gasteiger partial charge in [-0.1, -0.05) is 13.8 Å². The second-order valence-corrected chi connectivity index (χ2v) is 6.58. The number of hydroxylamine groups is 1. The van der Waals surface area contributed by atoms with E-state index in [0.717, 1.165) is 32.2 Å². The molecule has 138 valence electrons. The first-order valence-electron chi connectivity index (χ1n) is 8.59. The Morgan fingerprint density at radius 1 is 1.32 bits per heavy atom. The van der Waals surface area contributed by atoms with Gasteiger partial charge < -0.3 is 14.4 Å². The topological polar surface area (TPSA) is 93.7 Å². The van der Waals surface area contributed by atoms with Gasteiger partial charge in [-0.2, -0.15) is 0 Å². The van der Waals surface area contributed by atoms with Crippen molar-refractivity contribution in [1.82, 2.24) is 15.4 Å². The van der Waals surface area contributed by atoms with Crippen LogP contribution in [0.2, 0.25) is 0 Å². The first-order valence-corrected chi connectivity index (χ1v) is 8.59. The molecule has 1 amide bonds. The average molecular weight is 350 g/mol. The molecule has 0 aromatic carbocycles. The van der Waals surface area contributed by atoms with E-state index in [1.807, 2.05) is 18.7 Å². The number of hydrogen-bond acceptors (Lipinski definition) is 7. The lowest BCUT2D eigenvalue weighted by Crippen LogP contribution is -2.35. The third-order valence-corrected chi connectivity index (χ3v) is 3.90. The summed E-state index contributed by atoms with van der Waals surface area (Å²) in [5, 5.41) is 0. The second-order valence-electron chi connectivity index (χ2n) is 6.58. The fraction of sp³-hybridized carbons (Fsp3) is 0.647. The van der Waals surface area contributed by atoms with Gasteiger partial charge in [0.2, 0.25) is 5.95 Å². The number of piperidine rings is 1. The summed E-state index contributed by atoms with van der Waals surface area (Å²) in [5.41, 5.74) is 2.65. The van der Waals surface area contributed by atoms with E-state index >= 15 is 0 Å². The maximum absolute atomic E-state index is 12.0. The minimum absolute atomic E-state index is 0.123. The molecule has 8 nitrogen and oxygen atoms in total. The molecule has 25 heavy (non-hydrogen) atoms. The molecule has 2 rings (SSSR count). The van der Waals surface area contributed by atoms with Crippen LogP contribution in [-0.4, -0.2) is 48.1 Å². The van der Waals surface area contributed by atoms with Gasteiger partial charge >= 0.3 is 0 Å². The molecular formula is C17H26N4O4. The van der Waals surface area contributed by atoms with Gasteiger partial charge in [-0.15, -0.1) is 0 Å². The van der Waals surface area contributed by atoms with Gasteiger partial charge in [0, 0.05) is 31.4 Å². The molecule has 1 aromatic heterocycles. The SMILES string of the molecule is CC(C)COC(C)ONC(=O)c1cnc(N2CCC(C=O)CC2)nc1. The van der Waals surface area contributed by atoms with E-state index in [-0.39, 0.29) is 5.92 Å². The van der Waals surface area contributed by atoms with Gasteiger partial charge in [-0.25, -0.2) is 20.3 Å². The lowest BCUT2D eigenvalue weighted by atomic mass is 9.99. The number of anilines is 1. The number of carbonyl (C=O) groups excluding carboxylic acids is 2. The van der Waals surface area contributed by atoms with Crippen LogP contribution < -0.4 is 10.4 Å². The van der Waals surface area contributed by atoms with Crippen LogP contribution in [0.15, 0.2) is 12.4 Å². The number of ether oxygens (including phenoxy) is 1. The molecule has 1 saturated heterocycles.